The van der Waals surface area contributed by atoms with Gasteiger partial charge in [-0.1, -0.05) is 0 Å². The van der Waals surface area contributed by atoms with Crippen molar-refractivity contribution in [2.45, 2.75) is 31.8 Å². The average molecular weight is 521 g/mol. The van der Waals surface area contributed by atoms with Crippen molar-refractivity contribution in [2.24, 2.45) is 12.8 Å². The number of carbonyl (C=O) groups excluding carboxylic acids is 2. The summed E-state index contributed by atoms with van der Waals surface area (Å²) in [4.78, 5) is 35.7. The van der Waals surface area contributed by atoms with Crippen molar-refractivity contribution in [1.82, 2.24) is 24.6 Å². The molecule has 0 saturated carbocycles. The average Bonchev–Trinajstić information content (AvgIpc) is 3.41. The summed E-state index contributed by atoms with van der Waals surface area (Å²) in [6, 6.07) is 6.21. The van der Waals surface area contributed by atoms with Crippen LogP contribution in [0.2, 0.25) is 0 Å². The van der Waals surface area contributed by atoms with Gasteiger partial charge in [-0.3, -0.25) is 14.3 Å². The van der Waals surface area contributed by atoms with Gasteiger partial charge in [0, 0.05) is 67.6 Å². The fraction of sp³-hybridized carbons (Fsp3) is 0.346. The number of hydrogen-bond donors (Lipinski definition) is 3. The van der Waals surface area contributed by atoms with Gasteiger partial charge in [-0.05, 0) is 37.6 Å². The highest BCUT2D eigenvalue weighted by Crippen LogP contribution is 2.28. The molecule has 0 radical (unpaired) electrons. The molecule has 1 unspecified atom stereocenters. The zero-order chi connectivity index (χ0) is 27.0. The molecule has 0 aliphatic carbocycles. The Morgan fingerprint density at radius 1 is 1.29 bits per heavy atom. The molecule has 12 heteroatoms. The number of amides is 2. The number of hydrogen-bond acceptors (Lipinski definition) is 8. The van der Waals surface area contributed by atoms with Crippen LogP contribution in [0.5, 0.6) is 6.01 Å². The summed E-state index contributed by atoms with van der Waals surface area (Å²) >= 11 is 0. The van der Waals surface area contributed by atoms with Crippen LogP contribution in [0, 0.1) is 5.82 Å². The lowest BCUT2D eigenvalue weighted by molar-refractivity contribution is -0.127. The molecule has 0 bridgehead atoms. The minimum atomic E-state index is -0.535. The zero-order valence-electron chi connectivity index (χ0n) is 21.4. The minimum Gasteiger partial charge on any atom is -0.461 e. The fourth-order valence-electron chi connectivity index (χ4n) is 4.49. The standard InChI is InChI=1S/C26H29FN8O3/c1-14(28)10-29-21-6-5-18(25(37)31-16-8-15-12-34(2)33-23(15)20(27)9-16)24-19(21)11-30-26(32-24)38-13-17-4-7-22(36)35(17)3/h5-6,8-9,11-12,14,17,29H,4,7,10,13,28H2,1-3H3,(H,31,37)/t14-,17?/m0/s1. The number of ether oxygens (including phenoxy) is 1. The number of rotatable bonds is 8. The topological polar surface area (TPSA) is 140 Å². The van der Waals surface area contributed by atoms with E-state index in [9.17, 15) is 14.0 Å². The summed E-state index contributed by atoms with van der Waals surface area (Å²) < 4.78 is 21.9. The Bertz CT molecular complexity index is 1540. The summed E-state index contributed by atoms with van der Waals surface area (Å²) in [5.74, 6) is -0.933. The van der Waals surface area contributed by atoms with E-state index in [0.29, 0.717) is 47.1 Å². The van der Waals surface area contributed by atoms with Gasteiger partial charge in [0.25, 0.3) is 5.91 Å². The normalized spacial score (nSPS) is 16.3. The van der Waals surface area contributed by atoms with Crippen molar-refractivity contribution >= 4 is 45.0 Å². The number of nitrogens with two attached hydrogens (primary N) is 1. The summed E-state index contributed by atoms with van der Waals surface area (Å²) in [6.45, 7) is 2.62. The second-order valence-electron chi connectivity index (χ2n) is 9.59. The van der Waals surface area contributed by atoms with Gasteiger partial charge in [-0.25, -0.2) is 9.37 Å². The van der Waals surface area contributed by atoms with E-state index in [4.69, 9.17) is 10.5 Å². The molecule has 2 aromatic heterocycles. The lowest BCUT2D eigenvalue weighted by atomic mass is 10.1. The third-order valence-corrected chi connectivity index (χ3v) is 6.56. The van der Waals surface area contributed by atoms with E-state index in [1.165, 1.54) is 10.7 Å². The smallest absolute Gasteiger partial charge is 0.317 e. The number of aryl methyl sites for hydroxylation is 1. The van der Waals surface area contributed by atoms with Gasteiger partial charge < -0.3 is 26.0 Å². The molecule has 2 aromatic carbocycles. The Balaban J connectivity index is 1.46. The van der Waals surface area contributed by atoms with E-state index in [1.807, 2.05) is 6.92 Å². The molecule has 3 heterocycles. The molecule has 4 N–H and O–H groups in total. The first-order valence-electron chi connectivity index (χ1n) is 12.3. The van der Waals surface area contributed by atoms with Crippen molar-refractivity contribution in [3.05, 3.63) is 48.0 Å². The summed E-state index contributed by atoms with van der Waals surface area (Å²) in [5.41, 5.74) is 7.76. The van der Waals surface area contributed by atoms with Crippen molar-refractivity contribution in [3.8, 4) is 6.01 Å². The Kier molecular flexibility index (Phi) is 6.81. The molecule has 4 aromatic rings. The highest BCUT2D eigenvalue weighted by atomic mass is 19.1. The molecule has 2 amide bonds. The molecule has 0 spiro atoms. The van der Waals surface area contributed by atoms with Crippen LogP contribution in [0.3, 0.4) is 0 Å². The predicted octanol–water partition coefficient (Wildman–Crippen LogP) is 2.67. The van der Waals surface area contributed by atoms with Crippen molar-refractivity contribution in [2.75, 3.05) is 30.8 Å². The van der Waals surface area contributed by atoms with Crippen LogP contribution in [0.4, 0.5) is 15.8 Å². The monoisotopic (exact) mass is 520 g/mol. The van der Waals surface area contributed by atoms with Crippen molar-refractivity contribution in [3.63, 3.8) is 0 Å². The maximum atomic E-state index is 14.6. The quantitative estimate of drug-likeness (QED) is 0.322. The number of fused-ring (bicyclic) bond motifs is 2. The maximum absolute atomic E-state index is 14.6. The molecule has 1 aliphatic heterocycles. The second-order valence-corrected chi connectivity index (χ2v) is 9.59. The lowest BCUT2D eigenvalue weighted by Crippen LogP contribution is -2.33. The molecule has 1 fully saturated rings. The SMILES string of the molecule is C[C@H](N)CNc1ccc(C(=O)Nc2cc(F)c3nn(C)cc3c2)c2nc(OCC3CCC(=O)N3C)ncc12. The number of nitrogens with zero attached hydrogens (tertiary/aromatic N) is 5. The summed E-state index contributed by atoms with van der Waals surface area (Å²) in [7, 11) is 3.45. The third kappa shape index (κ3) is 5.07. The van der Waals surface area contributed by atoms with Gasteiger partial charge in [0.1, 0.15) is 12.1 Å². The lowest BCUT2D eigenvalue weighted by Gasteiger charge is -2.19. The van der Waals surface area contributed by atoms with Gasteiger partial charge in [-0.15, -0.1) is 0 Å². The zero-order valence-corrected chi connectivity index (χ0v) is 21.4. The van der Waals surface area contributed by atoms with E-state index in [0.717, 1.165) is 0 Å². The molecule has 5 rings (SSSR count). The van der Waals surface area contributed by atoms with E-state index in [-0.39, 0.29) is 41.7 Å². The highest BCUT2D eigenvalue weighted by molar-refractivity contribution is 6.14. The summed E-state index contributed by atoms with van der Waals surface area (Å²) in [6.07, 6.45) is 4.44. The van der Waals surface area contributed by atoms with Gasteiger partial charge in [-0.2, -0.15) is 10.1 Å². The van der Waals surface area contributed by atoms with Crippen LogP contribution < -0.4 is 21.1 Å². The van der Waals surface area contributed by atoms with Gasteiger partial charge >= 0.3 is 6.01 Å². The van der Waals surface area contributed by atoms with E-state index < -0.39 is 11.7 Å². The molecule has 198 valence electrons. The predicted molar refractivity (Wildman–Crippen MR) is 142 cm³/mol. The van der Waals surface area contributed by atoms with E-state index in [2.05, 4.69) is 25.7 Å². The number of nitrogens with one attached hydrogen (secondary N) is 2. The molecule has 2 atom stereocenters. The van der Waals surface area contributed by atoms with Crippen molar-refractivity contribution in [1.29, 1.82) is 0 Å². The van der Waals surface area contributed by atoms with Crippen LogP contribution in [-0.4, -0.2) is 68.7 Å². The summed E-state index contributed by atoms with van der Waals surface area (Å²) in [5, 5.41) is 11.3. The van der Waals surface area contributed by atoms with Gasteiger partial charge in [0.05, 0.1) is 17.1 Å². The largest absolute Gasteiger partial charge is 0.461 e. The molecule has 11 nitrogen and oxygen atoms in total. The highest BCUT2D eigenvalue weighted by Gasteiger charge is 2.28. The minimum absolute atomic E-state index is 0.0686. The van der Waals surface area contributed by atoms with Gasteiger partial charge in [0.15, 0.2) is 5.82 Å². The van der Waals surface area contributed by atoms with Crippen LogP contribution in [-0.2, 0) is 11.8 Å². The molecular formula is C26H29FN8O3. The molecule has 38 heavy (non-hydrogen) atoms. The Hall–Kier alpha value is -4.32. The van der Waals surface area contributed by atoms with Crippen LogP contribution in [0.25, 0.3) is 21.8 Å². The Labute approximate surface area is 218 Å². The van der Waals surface area contributed by atoms with E-state index in [1.54, 1.807) is 49.6 Å². The van der Waals surface area contributed by atoms with Crippen LogP contribution in [0.1, 0.15) is 30.1 Å². The number of benzene rings is 2. The number of carbonyl (C=O) groups is 2. The number of likely N-dealkylation sites (N-methyl/N-ethyl adjacent to an activating group) is 1. The van der Waals surface area contributed by atoms with Crippen LogP contribution in [0.15, 0.2) is 36.7 Å². The first kappa shape index (κ1) is 25.3. The first-order chi connectivity index (χ1) is 18.2. The Morgan fingerprint density at radius 2 is 2.11 bits per heavy atom. The maximum Gasteiger partial charge on any atom is 0.317 e. The fourth-order valence-corrected chi connectivity index (χ4v) is 4.49. The molecule has 1 aliphatic rings. The van der Waals surface area contributed by atoms with Crippen molar-refractivity contribution < 1.29 is 18.7 Å². The number of halogens is 1. The second kappa shape index (κ2) is 10.2. The Morgan fingerprint density at radius 3 is 2.84 bits per heavy atom. The van der Waals surface area contributed by atoms with Crippen LogP contribution >= 0.6 is 0 Å². The third-order valence-electron chi connectivity index (χ3n) is 6.56. The first-order valence-corrected chi connectivity index (χ1v) is 12.3. The van der Waals surface area contributed by atoms with Gasteiger partial charge in [0.2, 0.25) is 5.91 Å². The molecular weight excluding hydrogens is 491 g/mol. The number of anilines is 2. The van der Waals surface area contributed by atoms with E-state index >= 15 is 0 Å². The number of aromatic nitrogens is 4. The number of likely N-dealkylation sites (tertiary alicyclic amines) is 1. The molecule has 1 saturated heterocycles.